The van der Waals surface area contributed by atoms with Crippen molar-refractivity contribution < 1.29 is 19.4 Å². The minimum absolute atomic E-state index is 0.124. The number of allylic oxidation sites excluding steroid dienone is 1. The molecule has 0 fully saturated rings. The zero-order valence-electron chi connectivity index (χ0n) is 20.8. The first-order chi connectivity index (χ1) is 17.1. The van der Waals surface area contributed by atoms with Crippen LogP contribution in [0, 0.1) is 17.2 Å². The highest BCUT2D eigenvalue weighted by molar-refractivity contribution is 6.07. The molecule has 7 nitrogen and oxygen atoms in total. The van der Waals surface area contributed by atoms with Gasteiger partial charge >= 0.3 is 5.97 Å². The number of benzene rings is 2. The lowest BCUT2D eigenvalue weighted by atomic mass is 9.90. The SMILES string of the molecule is CC(OC(=O)c1c2c(nc3ccccc13)/C(=C/c1ccc(O)cc1)CC2)C(=O)NC(C)(C#N)C(C)C. The van der Waals surface area contributed by atoms with Gasteiger partial charge in [-0.25, -0.2) is 9.78 Å². The fourth-order valence-electron chi connectivity index (χ4n) is 4.22. The Hall–Kier alpha value is -4.18. The number of carbonyl (C=O) groups excluding carboxylic acids is 2. The second kappa shape index (κ2) is 9.82. The van der Waals surface area contributed by atoms with E-state index in [1.165, 1.54) is 6.92 Å². The Labute approximate surface area is 210 Å². The number of aromatic nitrogens is 1. The number of ether oxygens (including phenoxy) is 1. The van der Waals surface area contributed by atoms with Gasteiger partial charge in [0.25, 0.3) is 5.91 Å². The average Bonchev–Trinajstić information content (AvgIpc) is 3.25. The summed E-state index contributed by atoms with van der Waals surface area (Å²) >= 11 is 0. The van der Waals surface area contributed by atoms with Gasteiger partial charge in [-0.3, -0.25) is 4.79 Å². The van der Waals surface area contributed by atoms with Crippen molar-refractivity contribution in [3.05, 3.63) is 70.9 Å². The van der Waals surface area contributed by atoms with Crippen molar-refractivity contribution in [3.63, 3.8) is 0 Å². The first kappa shape index (κ1) is 24.9. The highest BCUT2D eigenvalue weighted by Gasteiger charge is 2.34. The highest BCUT2D eigenvalue weighted by Crippen LogP contribution is 2.38. The number of esters is 1. The van der Waals surface area contributed by atoms with E-state index in [4.69, 9.17) is 9.72 Å². The Kier molecular flexibility index (Phi) is 6.80. The molecular weight excluding hydrogens is 454 g/mol. The summed E-state index contributed by atoms with van der Waals surface area (Å²) in [7, 11) is 0. The molecule has 0 bridgehead atoms. The number of amides is 1. The van der Waals surface area contributed by atoms with Gasteiger partial charge in [0.2, 0.25) is 0 Å². The molecule has 184 valence electrons. The molecule has 0 aliphatic heterocycles. The summed E-state index contributed by atoms with van der Waals surface area (Å²) < 4.78 is 5.63. The molecule has 0 spiro atoms. The standard InChI is InChI=1S/C29H29N3O4/c1-17(2)29(4,16-30)32-27(34)18(3)36-28(35)25-22-7-5-6-8-24(22)31-26-20(11-14-23(25)26)15-19-9-12-21(33)13-10-19/h5-10,12-13,15,17-18,33H,11,14H2,1-4H3,(H,32,34)/b20-15+. The summed E-state index contributed by atoms with van der Waals surface area (Å²) in [5.41, 5.74) is 3.44. The lowest BCUT2D eigenvalue weighted by Gasteiger charge is -2.28. The summed E-state index contributed by atoms with van der Waals surface area (Å²) in [5.74, 6) is -1.05. The molecule has 4 rings (SSSR count). The van der Waals surface area contributed by atoms with E-state index in [1.807, 2.05) is 56.3 Å². The van der Waals surface area contributed by atoms with Crippen LogP contribution in [0.4, 0.5) is 0 Å². The third-order valence-electron chi connectivity index (χ3n) is 6.80. The lowest BCUT2D eigenvalue weighted by molar-refractivity contribution is -0.130. The highest BCUT2D eigenvalue weighted by atomic mass is 16.5. The molecule has 36 heavy (non-hydrogen) atoms. The molecule has 7 heteroatoms. The summed E-state index contributed by atoms with van der Waals surface area (Å²) in [4.78, 5) is 31.1. The zero-order chi connectivity index (χ0) is 26.0. The Balaban J connectivity index is 1.68. The fourth-order valence-corrected chi connectivity index (χ4v) is 4.22. The normalized spacial score (nSPS) is 16.3. The Morgan fingerprint density at radius 2 is 1.83 bits per heavy atom. The summed E-state index contributed by atoms with van der Waals surface area (Å²) in [5, 5.41) is 22.5. The number of nitrogens with one attached hydrogen (secondary N) is 1. The van der Waals surface area contributed by atoms with E-state index in [0.29, 0.717) is 29.3 Å². The van der Waals surface area contributed by atoms with E-state index in [-0.39, 0.29) is 11.7 Å². The number of pyridine rings is 1. The van der Waals surface area contributed by atoms with Gasteiger partial charge in [0.1, 0.15) is 11.3 Å². The molecule has 1 heterocycles. The van der Waals surface area contributed by atoms with Crippen molar-refractivity contribution in [2.75, 3.05) is 0 Å². The van der Waals surface area contributed by atoms with Gasteiger partial charge < -0.3 is 15.2 Å². The summed E-state index contributed by atoms with van der Waals surface area (Å²) in [6.07, 6.45) is 2.24. The van der Waals surface area contributed by atoms with Crippen LogP contribution in [-0.2, 0) is 16.0 Å². The molecule has 2 unspecified atom stereocenters. The van der Waals surface area contributed by atoms with Crippen LogP contribution in [0.2, 0.25) is 0 Å². The minimum Gasteiger partial charge on any atom is -0.508 e. The molecular formula is C29H29N3O4. The fraction of sp³-hybridized carbons (Fsp3) is 0.310. The summed E-state index contributed by atoms with van der Waals surface area (Å²) in [6.45, 7) is 6.84. The Morgan fingerprint density at radius 3 is 2.50 bits per heavy atom. The van der Waals surface area contributed by atoms with Gasteiger partial charge in [-0.15, -0.1) is 0 Å². The van der Waals surface area contributed by atoms with Crippen LogP contribution >= 0.6 is 0 Å². The molecule has 2 aromatic carbocycles. The average molecular weight is 484 g/mol. The van der Waals surface area contributed by atoms with Gasteiger partial charge in [-0.05, 0) is 73.6 Å². The molecule has 2 atom stereocenters. The number of rotatable bonds is 6. The molecule has 2 N–H and O–H groups in total. The van der Waals surface area contributed by atoms with Crippen LogP contribution in [0.5, 0.6) is 5.75 Å². The van der Waals surface area contributed by atoms with Crippen LogP contribution in [0.25, 0.3) is 22.6 Å². The number of para-hydroxylation sites is 1. The van der Waals surface area contributed by atoms with E-state index in [2.05, 4.69) is 11.4 Å². The van der Waals surface area contributed by atoms with Gasteiger partial charge in [-0.2, -0.15) is 5.26 Å². The maximum absolute atomic E-state index is 13.5. The summed E-state index contributed by atoms with van der Waals surface area (Å²) in [6, 6.07) is 16.4. The molecule has 3 aromatic rings. The molecule has 1 aliphatic rings. The predicted molar refractivity (Wildman–Crippen MR) is 138 cm³/mol. The van der Waals surface area contributed by atoms with Crippen LogP contribution in [0.3, 0.4) is 0 Å². The maximum Gasteiger partial charge on any atom is 0.339 e. The number of nitriles is 1. The van der Waals surface area contributed by atoms with Crippen LogP contribution in [0.1, 0.15) is 61.3 Å². The zero-order valence-corrected chi connectivity index (χ0v) is 20.8. The molecule has 0 saturated heterocycles. The minimum atomic E-state index is -1.08. The lowest BCUT2D eigenvalue weighted by Crippen LogP contribution is -2.52. The first-order valence-corrected chi connectivity index (χ1v) is 12.0. The van der Waals surface area contributed by atoms with Crippen molar-refractivity contribution in [1.82, 2.24) is 10.3 Å². The van der Waals surface area contributed by atoms with Crippen LogP contribution < -0.4 is 5.32 Å². The Morgan fingerprint density at radius 1 is 1.14 bits per heavy atom. The number of phenolic OH excluding ortho intramolecular Hbond substituents is 1. The number of nitrogens with zero attached hydrogens (tertiary/aromatic N) is 2. The third-order valence-corrected chi connectivity index (χ3v) is 6.80. The van der Waals surface area contributed by atoms with E-state index < -0.39 is 23.5 Å². The number of phenols is 1. The van der Waals surface area contributed by atoms with Crippen LogP contribution in [-0.4, -0.2) is 33.6 Å². The molecule has 0 radical (unpaired) electrons. The number of carbonyl (C=O) groups is 2. The van der Waals surface area contributed by atoms with Gasteiger partial charge in [-0.1, -0.05) is 44.2 Å². The molecule has 1 amide bonds. The topological polar surface area (TPSA) is 112 Å². The number of fused-ring (bicyclic) bond motifs is 2. The second-order valence-electron chi connectivity index (χ2n) is 9.60. The van der Waals surface area contributed by atoms with E-state index in [9.17, 15) is 20.0 Å². The molecule has 0 saturated carbocycles. The van der Waals surface area contributed by atoms with Gasteiger partial charge in [0.15, 0.2) is 6.10 Å². The van der Waals surface area contributed by atoms with E-state index in [1.54, 1.807) is 19.1 Å². The van der Waals surface area contributed by atoms with Crippen LogP contribution in [0.15, 0.2) is 48.5 Å². The molecule has 1 aromatic heterocycles. The van der Waals surface area contributed by atoms with E-state index >= 15 is 0 Å². The third kappa shape index (κ3) is 4.80. The second-order valence-corrected chi connectivity index (χ2v) is 9.60. The quantitative estimate of drug-likeness (QED) is 0.476. The largest absolute Gasteiger partial charge is 0.508 e. The first-order valence-electron chi connectivity index (χ1n) is 12.0. The Bertz CT molecular complexity index is 1400. The molecule has 1 aliphatic carbocycles. The predicted octanol–water partition coefficient (Wildman–Crippen LogP) is 5.03. The smallest absolute Gasteiger partial charge is 0.339 e. The van der Waals surface area contributed by atoms with Crippen molar-refractivity contribution in [1.29, 1.82) is 5.26 Å². The van der Waals surface area contributed by atoms with Gasteiger partial charge in [0.05, 0.1) is 22.8 Å². The van der Waals surface area contributed by atoms with Crippen molar-refractivity contribution in [3.8, 4) is 11.8 Å². The number of aromatic hydroxyl groups is 1. The van der Waals surface area contributed by atoms with E-state index in [0.717, 1.165) is 22.4 Å². The number of hydrogen-bond donors (Lipinski definition) is 2. The monoisotopic (exact) mass is 483 g/mol. The maximum atomic E-state index is 13.5. The number of hydrogen-bond acceptors (Lipinski definition) is 6. The van der Waals surface area contributed by atoms with Gasteiger partial charge in [0, 0.05) is 5.39 Å². The van der Waals surface area contributed by atoms with Crippen molar-refractivity contribution in [2.24, 2.45) is 5.92 Å². The van der Waals surface area contributed by atoms with Crippen molar-refractivity contribution >= 4 is 34.4 Å². The van der Waals surface area contributed by atoms with Crippen molar-refractivity contribution in [2.45, 2.75) is 52.2 Å².